The lowest BCUT2D eigenvalue weighted by molar-refractivity contribution is 0.281. The summed E-state index contributed by atoms with van der Waals surface area (Å²) in [5.74, 6) is 1.73. The number of aliphatic imine (C=N–C) groups is 1. The fourth-order valence-corrected chi connectivity index (χ4v) is 3.07. The van der Waals surface area contributed by atoms with E-state index in [2.05, 4.69) is 46.2 Å². The number of nitrogens with zero attached hydrogens (tertiary/aromatic N) is 3. The molecule has 130 valence electrons. The van der Waals surface area contributed by atoms with Gasteiger partial charge in [-0.1, -0.05) is 17.7 Å². The van der Waals surface area contributed by atoms with E-state index in [4.69, 9.17) is 4.74 Å². The lowest BCUT2D eigenvalue weighted by Gasteiger charge is -2.21. The molecule has 6 heteroatoms. The minimum Gasteiger partial charge on any atom is -0.492 e. The second-order valence-electron chi connectivity index (χ2n) is 5.73. The van der Waals surface area contributed by atoms with Crippen molar-refractivity contribution in [3.63, 3.8) is 0 Å². The zero-order valence-corrected chi connectivity index (χ0v) is 15.9. The quantitative estimate of drug-likeness (QED) is 0.645. The Morgan fingerprint density at radius 2 is 1.96 bits per heavy atom. The molecule has 0 unspecified atom stereocenters. The number of hydrogen-bond donors (Lipinski definition) is 1. The molecule has 0 fully saturated rings. The molecular formula is C18H26N4OS. The van der Waals surface area contributed by atoms with E-state index < -0.39 is 0 Å². The number of benzene rings is 1. The summed E-state index contributed by atoms with van der Waals surface area (Å²) in [5.41, 5.74) is 2.34. The van der Waals surface area contributed by atoms with Gasteiger partial charge in [-0.25, -0.2) is 4.98 Å². The molecule has 0 saturated heterocycles. The Morgan fingerprint density at radius 3 is 2.54 bits per heavy atom. The average Bonchev–Trinajstić information content (AvgIpc) is 2.88. The first kappa shape index (κ1) is 18.3. The van der Waals surface area contributed by atoms with Crippen LogP contribution in [0.4, 0.5) is 0 Å². The molecule has 0 atom stereocenters. The van der Waals surface area contributed by atoms with E-state index in [0.717, 1.165) is 29.0 Å². The molecule has 0 spiro atoms. The van der Waals surface area contributed by atoms with Crippen molar-refractivity contribution >= 4 is 17.3 Å². The van der Waals surface area contributed by atoms with Crippen LogP contribution in [0.15, 0.2) is 29.3 Å². The van der Waals surface area contributed by atoms with Crippen LogP contribution in [0.2, 0.25) is 0 Å². The molecule has 5 nitrogen and oxygen atoms in total. The Bertz CT molecular complexity index is 659. The Labute approximate surface area is 148 Å². The maximum Gasteiger partial charge on any atom is 0.193 e. The third-order valence-corrected chi connectivity index (χ3v) is 4.83. The topological polar surface area (TPSA) is 49.8 Å². The number of hydrogen-bond acceptors (Lipinski definition) is 4. The van der Waals surface area contributed by atoms with E-state index in [0.29, 0.717) is 13.2 Å². The number of nitrogens with one attached hydrogen (secondary N) is 1. The maximum atomic E-state index is 5.77. The zero-order chi connectivity index (χ0) is 17.5. The van der Waals surface area contributed by atoms with Crippen molar-refractivity contribution in [2.24, 2.45) is 4.99 Å². The minimum atomic E-state index is 0.607. The number of rotatable bonds is 6. The van der Waals surface area contributed by atoms with Gasteiger partial charge in [0.25, 0.3) is 0 Å². The van der Waals surface area contributed by atoms with Crippen LogP contribution < -0.4 is 10.1 Å². The molecule has 0 radical (unpaired) electrons. The van der Waals surface area contributed by atoms with Gasteiger partial charge in [0.2, 0.25) is 0 Å². The van der Waals surface area contributed by atoms with E-state index in [9.17, 15) is 0 Å². The summed E-state index contributed by atoms with van der Waals surface area (Å²) in [6.07, 6.45) is 0. The molecular weight excluding hydrogens is 320 g/mol. The van der Waals surface area contributed by atoms with Crippen LogP contribution in [0.1, 0.15) is 21.1 Å². The highest BCUT2D eigenvalue weighted by molar-refractivity contribution is 7.11. The van der Waals surface area contributed by atoms with Crippen molar-refractivity contribution in [1.82, 2.24) is 15.2 Å². The molecule has 1 aromatic carbocycles. The third kappa shape index (κ3) is 5.23. The molecule has 1 aromatic heterocycles. The molecule has 0 aliphatic carbocycles. The third-order valence-electron chi connectivity index (χ3n) is 3.76. The Hall–Kier alpha value is -2.08. The summed E-state index contributed by atoms with van der Waals surface area (Å²) in [6.45, 7) is 8.26. The van der Waals surface area contributed by atoms with Gasteiger partial charge in [-0.05, 0) is 32.9 Å². The summed E-state index contributed by atoms with van der Waals surface area (Å²) in [6, 6.07) is 8.10. The Morgan fingerprint density at radius 1 is 1.25 bits per heavy atom. The minimum absolute atomic E-state index is 0.607. The van der Waals surface area contributed by atoms with Gasteiger partial charge in [0, 0.05) is 19.0 Å². The van der Waals surface area contributed by atoms with E-state index >= 15 is 0 Å². The summed E-state index contributed by atoms with van der Waals surface area (Å²) in [5, 5.41) is 4.43. The second-order valence-corrected chi connectivity index (χ2v) is 7.02. The SMILES string of the molecule is CN=C(NCc1nc(C)c(C)s1)N(C)CCOc1ccc(C)cc1. The van der Waals surface area contributed by atoms with E-state index in [1.165, 1.54) is 10.4 Å². The van der Waals surface area contributed by atoms with Crippen molar-refractivity contribution in [2.45, 2.75) is 27.3 Å². The van der Waals surface area contributed by atoms with Gasteiger partial charge in [-0.3, -0.25) is 4.99 Å². The molecule has 1 N–H and O–H groups in total. The number of thiazole rings is 1. The van der Waals surface area contributed by atoms with Crippen molar-refractivity contribution < 1.29 is 4.74 Å². The molecule has 0 amide bonds. The van der Waals surface area contributed by atoms with Crippen molar-refractivity contribution in [3.05, 3.63) is 45.4 Å². The first-order valence-corrected chi connectivity index (χ1v) is 8.85. The maximum absolute atomic E-state index is 5.77. The number of guanidine groups is 1. The van der Waals surface area contributed by atoms with Crippen LogP contribution >= 0.6 is 11.3 Å². The van der Waals surface area contributed by atoms with Crippen LogP contribution in [-0.2, 0) is 6.54 Å². The Balaban J connectivity index is 1.78. The molecule has 0 bridgehead atoms. The lowest BCUT2D eigenvalue weighted by atomic mass is 10.2. The molecule has 0 saturated carbocycles. The Kier molecular flexibility index (Phi) is 6.61. The van der Waals surface area contributed by atoms with E-state index in [1.807, 2.05) is 26.1 Å². The van der Waals surface area contributed by atoms with Gasteiger partial charge in [-0.15, -0.1) is 11.3 Å². The molecule has 0 aliphatic heterocycles. The van der Waals surface area contributed by atoms with Crippen LogP contribution in [0.25, 0.3) is 0 Å². The smallest absolute Gasteiger partial charge is 0.193 e. The van der Waals surface area contributed by atoms with E-state index in [-0.39, 0.29) is 0 Å². The number of aromatic nitrogens is 1. The first-order valence-electron chi connectivity index (χ1n) is 8.03. The molecule has 0 aliphatic rings. The highest BCUT2D eigenvalue weighted by Crippen LogP contribution is 2.16. The molecule has 1 heterocycles. The van der Waals surface area contributed by atoms with Crippen molar-refractivity contribution in [3.8, 4) is 5.75 Å². The van der Waals surface area contributed by atoms with Crippen molar-refractivity contribution in [2.75, 3.05) is 27.2 Å². The summed E-state index contributed by atoms with van der Waals surface area (Å²) < 4.78 is 5.77. The van der Waals surface area contributed by atoms with Gasteiger partial charge in [-0.2, -0.15) is 0 Å². The number of ether oxygens (including phenoxy) is 1. The van der Waals surface area contributed by atoms with Gasteiger partial charge in [0.05, 0.1) is 18.8 Å². The van der Waals surface area contributed by atoms with Crippen LogP contribution in [0.5, 0.6) is 5.75 Å². The highest BCUT2D eigenvalue weighted by atomic mass is 32.1. The molecule has 2 rings (SSSR count). The predicted octanol–water partition coefficient (Wildman–Crippen LogP) is 3.15. The second kappa shape index (κ2) is 8.68. The standard InChI is InChI=1S/C18H26N4OS/c1-13-6-8-16(9-7-13)23-11-10-22(5)18(19-4)20-12-17-21-14(2)15(3)24-17/h6-9H,10-12H2,1-5H3,(H,19,20). The number of aryl methyl sites for hydroxylation is 3. The fourth-order valence-electron chi connectivity index (χ4n) is 2.19. The van der Waals surface area contributed by atoms with Crippen LogP contribution in [0.3, 0.4) is 0 Å². The van der Waals surface area contributed by atoms with Gasteiger partial charge in [0.15, 0.2) is 5.96 Å². The molecule has 2 aromatic rings. The number of likely N-dealkylation sites (N-methyl/N-ethyl adjacent to an activating group) is 1. The van der Waals surface area contributed by atoms with Gasteiger partial charge in [0.1, 0.15) is 17.4 Å². The van der Waals surface area contributed by atoms with Crippen LogP contribution in [-0.4, -0.2) is 43.1 Å². The lowest BCUT2D eigenvalue weighted by Crippen LogP contribution is -2.40. The first-order chi connectivity index (χ1) is 11.5. The average molecular weight is 347 g/mol. The summed E-state index contributed by atoms with van der Waals surface area (Å²) >= 11 is 1.72. The zero-order valence-electron chi connectivity index (χ0n) is 15.1. The fraction of sp³-hybridized carbons (Fsp3) is 0.444. The van der Waals surface area contributed by atoms with Crippen LogP contribution in [0, 0.1) is 20.8 Å². The van der Waals surface area contributed by atoms with Gasteiger partial charge >= 0.3 is 0 Å². The highest BCUT2D eigenvalue weighted by Gasteiger charge is 2.08. The monoisotopic (exact) mass is 346 g/mol. The largest absolute Gasteiger partial charge is 0.492 e. The molecule has 24 heavy (non-hydrogen) atoms. The van der Waals surface area contributed by atoms with Gasteiger partial charge < -0.3 is 15.0 Å². The van der Waals surface area contributed by atoms with Crippen molar-refractivity contribution in [1.29, 1.82) is 0 Å². The normalized spacial score (nSPS) is 11.5. The summed E-state index contributed by atoms with van der Waals surface area (Å²) in [7, 11) is 3.80. The van der Waals surface area contributed by atoms with E-state index in [1.54, 1.807) is 18.4 Å². The summed E-state index contributed by atoms with van der Waals surface area (Å²) in [4.78, 5) is 12.2. The predicted molar refractivity (Wildman–Crippen MR) is 101 cm³/mol.